The third-order valence-corrected chi connectivity index (χ3v) is 5.65. The van der Waals surface area contributed by atoms with Gasteiger partial charge in [-0.05, 0) is 44.2 Å². The molecule has 0 aliphatic carbocycles. The zero-order chi connectivity index (χ0) is 21.8. The molecule has 2 aromatic heterocycles. The van der Waals surface area contributed by atoms with Gasteiger partial charge in [-0.1, -0.05) is 67.6 Å². The van der Waals surface area contributed by atoms with Crippen LogP contribution in [0.3, 0.4) is 0 Å². The lowest BCUT2D eigenvalue weighted by molar-refractivity contribution is 0.0936. The van der Waals surface area contributed by atoms with Gasteiger partial charge in [-0.2, -0.15) is 5.10 Å². The van der Waals surface area contributed by atoms with Crippen molar-refractivity contribution in [2.24, 2.45) is 0 Å². The van der Waals surface area contributed by atoms with Crippen molar-refractivity contribution in [1.29, 1.82) is 0 Å². The lowest BCUT2D eigenvalue weighted by Crippen LogP contribution is -2.34. The number of nitrogens with one attached hydrogen (secondary N) is 1. The van der Waals surface area contributed by atoms with Crippen LogP contribution in [0, 0.1) is 6.92 Å². The molecule has 1 atom stereocenters. The third kappa shape index (κ3) is 4.36. The van der Waals surface area contributed by atoms with Gasteiger partial charge in [-0.25, -0.2) is 9.50 Å². The molecule has 0 spiro atoms. The van der Waals surface area contributed by atoms with Crippen molar-refractivity contribution in [3.63, 3.8) is 0 Å². The highest BCUT2D eigenvalue weighted by Crippen LogP contribution is 2.28. The van der Waals surface area contributed by atoms with Gasteiger partial charge in [-0.15, -0.1) is 0 Å². The normalized spacial score (nSPS) is 12.1. The van der Waals surface area contributed by atoms with Crippen molar-refractivity contribution in [2.75, 3.05) is 0 Å². The van der Waals surface area contributed by atoms with Crippen LogP contribution >= 0.6 is 0 Å². The molecule has 2 aromatic carbocycles. The number of fused-ring (bicyclic) bond motifs is 1. The minimum atomic E-state index is -0.0961. The zero-order valence-electron chi connectivity index (χ0n) is 18.3. The molecule has 5 heteroatoms. The molecule has 0 aliphatic heterocycles. The largest absolute Gasteiger partial charge is 0.349 e. The first-order valence-corrected chi connectivity index (χ1v) is 10.9. The lowest BCUT2D eigenvalue weighted by Gasteiger charge is -2.16. The maximum atomic E-state index is 13.1. The predicted molar refractivity (Wildman–Crippen MR) is 124 cm³/mol. The smallest absolute Gasteiger partial charge is 0.254 e. The molecule has 0 bridgehead atoms. The summed E-state index contributed by atoms with van der Waals surface area (Å²) in [7, 11) is 0. The fourth-order valence-electron chi connectivity index (χ4n) is 4.01. The van der Waals surface area contributed by atoms with E-state index in [9.17, 15) is 4.79 Å². The van der Waals surface area contributed by atoms with Crippen LogP contribution in [0.4, 0.5) is 0 Å². The van der Waals surface area contributed by atoms with Crippen molar-refractivity contribution in [3.8, 4) is 11.1 Å². The maximum absolute atomic E-state index is 13.1. The van der Waals surface area contributed by atoms with E-state index in [2.05, 4.69) is 34.6 Å². The first kappa shape index (κ1) is 20.8. The van der Waals surface area contributed by atoms with E-state index in [0.29, 0.717) is 12.0 Å². The average molecular weight is 413 g/mol. The second kappa shape index (κ2) is 9.13. The van der Waals surface area contributed by atoms with E-state index in [1.54, 1.807) is 6.20 Å². The summed E-state index contributed by atoms with van der Waals surface area (Å²) in [5, 5.41) is 7.87. The zero-order valence-corrected chi connectivity index (χ0v) is 18.3. The third-order valence-electron chi connectivity index (χ3n) is 5.65. The van der Waals surface area contributed by atoms with Gasteiger partial charge in [0.05, 0.1) is 17.0 Å². The van der Waals surface area contributed by atoms with Crippen LogP contribution in [0.2, 0.25) is 0 Å². The van der Waals surface area contributed by atoms with Gasteiger partial charge in [-0.3, -0.25) is 4.79 Å². The SMILES string of the molecule is CCc1c(C(=O)N[C@H](C)CCc2ccccc2)cnc2c(-c3ccccc3)c(C)nn12. The molecule has 5 nitrogen and oxygen atoms in total. The van der Waals surface area contributed by atoms with Crippen molar-refractivity contribution < 1.29 is 4.79 Å². The number of benzene rings is 2. The van der Waals surface area contributed by atoms with E-state index in [-0.39, 0.29) is 11.9 Å². The highest BCUT2D eigenvalue weighted by Gasteiger charge is 2.20. The Morgan fingerprint density at radius 3 is 2.42 bits per heavy atom. The van der Waals surface area contributed by atoms with Gasteiger partial charge in [0, 0.05) is 17.8 Å². The van der Waals surface area contributed by atoms with Gasteiger partial charge in [0.25, 0.3) is 5.91 Å². The molecule has 0 saturated carbocycles. The minimum Gasteiger partial charge on any atom is -0.349 e. The summed E-state index contributed by atoms with van der Waals surface area (Å²) in [6, 6.07) is 20.5. The molecule has 158 valence electrons. The summed E-state index contributed by atoms with van der Waals surface area (Å²) in [6.45, 7) is 6.08. The molecule has 0 aliphatic rings. The summed E-state index contributed by atoms with van der Waals surface area (Å²) in [4.78, 5) is 17.7. The molecule has 31 heavy (non-hydrogen) atoms. The van der Waals surface area contributed by atoms with Gasteiger partial charge < -0.3 is 5.32 Å². The summed E-state index contributed by atoms with van der Waals surface area (Å²) in [5.41, 5.74) is 6.53. The molecule has 0 fully saturated rings. The van der Waals surface area contributed by atoms with Crippen LogP contribution in [0.1, 0.15) is 47.6 Å². The van der Waals surface area contributed by atoms with Crippen LogP contribution in [-0.2, 0) is 12.8 Å². The molecular formula is C26H28N4O. The number of carbonyl (C=O) groups is 1. The lowest BCUT2D eigenvalue weighted by atomic mass is 10.1. The quantitative estimate of drug-likeness (QED) is 0.464. The van der Waals surface area contributed by atoms with Gasteiger partial charge >= 0.3 is 0 Å². The fraction of sp³-hybridized carbons (Fsp3) is 0.269. The Bertz CT molecular complexity index is 1180. The number of nitrogens with zero attached hydrogens (tertiary/aromatic N) is 3. The Kier molecular flexibility index (Phi) is 6.12. The standard InChI is InChI=1S/C26H28N4O/c1-4-23-22(26(31)28-18(2)15-16-20-11-7-5-8-12-20)17-27-25-24(19(3)29-30(23)25)21-13-9-6-10-14-21/h5-14,17-18H,4,15-16H2,1-3H3,(H,28,31)/t18-/m1/s1. The second-order valence-electron chi connectivity index (χ2n) is 7.93. The van der Waals surface area contributed by atoms with Crippen LogP contribution < -0.4 is 5.32 Å². The Morgan fingerprint density at radius 2 is 1.74 bits per heavy atom. The van der Waals surface area contributed by atoms with Gasteiger partial charge in [0.1, 0.15) is 0 Å². The molecule has 4 rings (SSSR count). The van der Waals surface area contributed by atoms with Gasteiger partial charge in [0.2, 0.25) is 0 Å². The molecule has 2 heterocycles. The number of hydrogen-bond donors (Lipinski definition) is 1. The van der Waals surface area contributed by atoms with Crippen LogP contribution in [0.5, 0.6) is 0 Å². The Labute approximate surface area is 183 Å². The van der Waals surface area contributed by atoms with E-state index in [1.807, 2.05) is 61.7 Å². The monoisotopic (exact) mass is 412 g/mol. The highest BCUT2D eigenvalue weighted by atomic mass is 16.1. The highest BCUT2D eigenvalue weighted by molar-refractivity contribution is 5.96. The number of carbonyl (C=O) groups excluding carboxylic acids is 1. The van der Waals surface area contributed by atoms with E-state index < -0.39 is 0 Å². The molecule has 1 amide bonds. The fourth-order valence-corrected chi connectivity index (χ4v) is 4.01. The topological polar surface area (TPSA) is 59.3 Å². The molecule has 0 saturated heterocycles. The summed E-state index contributed by atoms with van der Waals surface area (Å²) >= 11 is 0. The molecule has 1 N–H and O–H groups in total. The van der Waals surface area contributed by atoms with E-state index in [4.69, 9.17) is 5.10 Å². The van der Waals surface area contributed by atoms with Crippen molar-refractivity contribution in [1.82, 2.24) is 19.9 Å². The van der Waals surface area contributed by atoms with Crippen LogP contribution in [0.15, 0.2) is 66.9 Å². The molecule has 0 radical (unpaired) electrons. The van der Waals surface area contributed by atoms with Crippen molar-refractivity contribution in [2.45, 2.75) is 46.1 Å². The molecule has 0 unspecified atom stereocenters. The van der Waals surface area contributed by atoms with Crippen LogP contribution in [0.25, 0.3) is 16.8 Å². The molecule has 4 aromatic rings. The van der Waals surface area contributed by atoms with E-state index in [0.717, 1.165) is 41.0 Å². The number of hydrogen-bond acceptors (Lipinski definition) is 3. The van der Waals surface area contributed by atoms with Gasteiger partial charge in [0.15, 0.2) is 5.65 Å². The number of aromatic nitrogens is 3. The Morgan fingerprint density at radius 1 is 1.06 bits per heavy atom. The minimum absolute atomic E-state index is 0.0624. The average Bonchev–Trinajstić information content (AvgIpc) is 3.14. The number of amides is 1. The van der Waals surface area contributed by atoms with Crippen LogP contribution in [-0.4, -0.2) is 26.5 Å². The van der Waals surface area contributed by atoms with Crippen molar-refractivity contribution >= 4 is 11.6 Å². The Hall–Kier alpha value is -3.47. The van der Waals surface area contributed by atoms with Crippen molar-refractivity contribution in [3.05, 3.63) is 89.4 Å². The summed E-state index contributed by atoms with van der Waals surface area (Å²) < 4.78 is 1.83. The first-order chi connectivity index (χ1) is 15.1. The summed E-state index contributed by atoms with van der Waals surface area (Å²) in [5.74, 6) is -0.0961. The predicted octanol–water partition coefficient (Wildman–Crippen LogP) is 5.02. The van der Waals surface area contributed by atoms with E-state index in [1.165, 1.54) is 5.56 Å². The van der Waals surface area contributed by atoms with E-state index >= 15 is 0 Å². The number of aryl methyl sites for hydroxylation is 3. The Balaban J connectivity index is 1.58. The first-order valence-electron chi connectivity index (χ1n) is 10.9. The summed E-state index contributed by atoms with van der Waals surface area (Å²) in [6.07, 6.45) is 4.20. The maximum Gasteiger partial charge on any atom is 0.254 e. The second-order valence-corrected chi connectivity index (χ2v) is 7.93. The number of rotatable bonds is 7. The molecular weight excluding hydrogens is 384 g/mol.